The van der Waals surface area contributed by atoms with Crippen molar-refractivity contribution in [2.75, 3.05) is 0 Å². The van der Waals surface area contributed by atoms with Crippen LogP contribution in [-0.4, -0.2) is 19.5 Å². The number of hydrogen-bond donors (Lipinski definition) is 0. The van der Waals surface area contributed by atoms with E-state index in [0.717, 1.165) is 77.6 Å². The molecule has 262 valence electrons. The molecule has 56 heavy (non-hydrogen) atoms. The molecule has 3 heterocycles. The van der Waals surface area contributed by atoms with E-state index in [0.29, 0.717) is 17.5 Å². The molecule has 3 aromatic heterocycles. The Morgan fingerprint density at radius 2 is 0.821 bits per heavy atom. The molecule has 0 aliphatic carbocycles. The summed E-state index contributed by atoms with van der Waals surface area (Å²) in [7, 11) is 0. The SMILES string of the molecule is c1ccc(-c2nc(-c3ccccc3)nc(-c3ccc(-n4c5ccccc5c5cc(-c6ccc7oc8ccccc8c7c6)ccc54)c(-c4ccccc4)c3)n2)cc1. The Morgan fingerprint density at radius 3 is 1.52 bits per heavy atom. The van der Waals surface area contributed by atoms with Crippen molar-refractivity contribution in [3.05, 3.63) is 194 Å². The molecule has 0 aliphatic rings. The van der Waals surface area contributed by atoms with E-state index in [1.807, 2.05) is 72.8 Å². The van der Waals surface area contributed by atoms with E-state index in [9.17, 15) is 0 Å². The Balaban J connectivity index is 1.10. The van der Waals surface area contributed by atoms with Crippen LogP contribution in [0.4, 0.5) is 0 Å². The van der Waals surface area contributed by atoms with Gasteiger partial charge in [-0.05, 0) is 71.3 Å². The Labute approximate surface area is 322 Å². The highest BCUT2D eigenvalue weighted by molar-refractivity contribution is 6.12. The standard InChI is InChI=1S/C51H32N4O/c1-4-14-33(15-5-1)41-32-38(51-53-49(34-16-6-2-7-17-34)52-50(54-51)35-18-8-3-9-19-35)25-28-45(41)55-44-22-12-10-20-39(44)42-30-36(24-27-46(42)55)37-26-29-48-43(31-37)40-21-11-13-23-47(40)56-48/h1-32H. The maximum absolute atomic E-state index is 6.15. The van der Waals surface area contributed by atoms with Crippen LogP contribution in [0.5, 0.6) is 0 Å². The number of furan rings is 1. The molecule has 0 N–H and O–H groups in total. The fourth-order valence-corrected chi connectivity index (χ4v) is 7.97. The van der Waals surface area contributed by atoms with Gasteiger partial charge in [-0.3, -0.25) is 0 Å². The largest absolute Gasteiger partial charge is 0.456 e. The topological polar surface area (TPSA) is 56.7 Å². The predicted octanol–water partition coefficient (Wildman–Crippen LogP) is 13.2. The molecule has 5 nitrogen and oxygen atoms in total. The zero-order valence-electron chi connectivity index (χ0n) is 30.2. The summed E-state index contributed by atoms with van der Waals surface area (Å²) in [6.07, 6.45) is 0. The Hall–Kier alpha value is -7.63. The van der Waals surface area contributed by atoms with Crippen LogP contribution >= 0.6 is 0 Å². The van der Waals surface area contributed by atoms with E-state index in [4.69, 9.17) is 19.4 Å². The average molecular weight is 717 g/mol. The number of nitrogens with zero attached hydrogens (tertiary/aromatic N) is 4. The van der Waals surface area contributed by atoms with E-state index >= 15 is 0 Å². The van der Waals surface area contributed by atoms with Gasteiger partial charge in [-0.2, -0.15) is 0 Å². The minimum absolute atomic E-state index is 0.621. The van der Waals surface area contributed by atoms with Gasteiger partial charge in [-0.15, -0.1) is 0 Å². The van der Waals surface area contributed by atoms with Gasteiger partial charge in [0.15, 0.2) is 17.5 Å². The number of rotatable bonds is 6. The number of aromatic nitrogens is 4. The minimum atomic E-state index is 0.621. The molecular weight excluding hydrogens is 685 g/mol. The van der Waals surface area contributed by atoms with E-state index in [1.165, 1.54) is 10.8 Å². The lowest BCUT2D eigenvalue weighted by atomic mass is 9.99. The third-order valence-corrected chi connectivity index (χ3v) is 10.7. The first kappa shape index (κ1) is 31.9. The number of para-hydroxylation sites is 2. The second-order valence-corrected chi connectivity index (χ2v) is 14.0. The van der Waals surface area contributed by atoms with Crippen LogP contribution in [0, 0.1) is 0 Å². The van der Waals surface area contributed by atoms with Crippen molar-refractivity contribution in [3.8, 4) is 62.1 Å². The second-order valence-electron chi connectivity index (χ2n) is 14.0. The summed E-state index contributed by atoms with van der Waals surface area (Å²) in [5.41, 5.74) is 12.4. The molecule has 0 aliphatic heterocycles. The van der Waals surface area contributed by atoms with Crippen LogP contribution in [0.3, 0.4) is 0 Å². The van der Waals surface area contributed by atoms with Crippen molar-refractivity contribution >= 4 is 43.7 Å². The molecule has 0 fully saturated rings. The van der Waals surface area contributed by atoms with Crippen LogP contribution in [0.15, 0.2) is 199 Å². The third-order valence-electron chi connectivity index (χ3n) is 10.7. The predicted molar refractivity (Wildman–Crippen MR) is 229 cm³/mol. The van der Waals surface area contributed by atoms with Crippen LogP contribution in [0.2, 0.25) is 0 Å². The molecule has 0 bridgehead atoms. The van der Waals surface area contributed by atoms with Gasteiger partial charge >= 0.3 is 0 Å². The molecular formula is C51H32N4O. The first-order valence-corrected chi connectivity index (χ1v) is 18.8. The fraction of sp³-hybridized carbons (Fsp3) is 0. The van der Waals surface area contributed by atoms with Gasteiger partial charge < -0.3 is 8.98 Å². The Bertz CT molecular complexity index is 3180. The molecule has 0 radical (unpaired) electrons. The quantitative estimate of drug-likeness (QED) is 0.172. The van der Waals surface area contributed by atoms with Crippen molar-refractivity contribution in [3.63, 3.8) is 0 Å². The van der Waals surface area contributed by atoms with Crippen LogP contribution in [0.25, 0.3) is 106 Å². The van der Waals surface area contributed by atoms with Crippen LogP contribution < -0.4 is 0 Å². The Morgan fingerprint density at radius 1 is 0.321 bits per heavy atom. The molecule has 0 saturated heterocycles. The maximum atomic E-state index is 6.15. The lowest BCUT2D eigenvalue weighted by Gasteiger charge is -2.16. The van der Waals surface area contributed by atoms with E-state index in [1.54, 1.807) is 0 Å². The summed E-state index contributed by atoms with van der Waals surface area (Å²) in [4.78, 5) is 15.1. The van der Waals surface area contributed by atoms with Crippen molar-refractivity contribution in [2.24, 2.45) is 0 Å². The van der Waals surface area contributed by atoms with Crippen molar-refractivity contribution in [1.82, 2.24) is 19.5 Å². The number of benzene rings is 8. The normalized spacial score (nSPS) is 11.6. The van der Waals surface area contributed by atoms with Gasteiger partial charge in [0.05, 0.1) is 16.7 Å². The molecule has 8 aromatic carbocycles. The first-order valence-electron chi connectivity index (χ1n) is 18.8. The average Bonchev–Trinajstić information content (AvgIpc) is 3.82. The summed E-state index contributed by atoms with van der Waals surface area (Å²) >= 11 is 0. The van der Waals surface area contributed by atoms with Crippen molar-refractivity contribution in [2.45, 2.75) is 0 Å². The maximum Gasteiger partial charge on any atom is 0.164 e. The monoisotopic (exact) mass is 716 g/mol. The van der Waals surface area contributed by atoms with Gasteiger partial charge in [0.2, 0.25) is 0 Å². The van der Waals surface area contributed by atoms with Crippen LogP contribution in [0.1, 0.15) is 0 Å². The van der Waals surface area contributed by atoms with E-state index < -0.39 is 0 Å². The molecule has 11 aromatic rings. The van der Waals surface area contributed by atoms with Crippen molar-refractivity contribution < 1.29 is 4.42 Å². The Kier molecular flexibility index (Phi) is 7.42. The summed E-state index contributed by atoms with van der Waals surface area (Å²) in [6, 6.07) is 67.6. The van der Waals surface area contributed by atoms with Gasteiger partial charge in [0.25, 0.3) is 0 Å². The van der Waals surface area contributed by atoms with E-state index in [2.05, 4.69) is 126 Å². The number of hydrogen-bond acceptors (Lipinski definition) is 4. The highest BCUT2D eigenvalue weighted by Crippen LogP contribution is 2.40. The molecule has 0 unspecified atom stereocenters. The lowest BCUT2D eigenvalue weighted by molar-refractivity contribution is 0.669. The fourth-order valence-electron chi connectivity index (χ4n) is 7.97. The van der Waals surface area contributed by atoms with Crippen molar-refractivity contribution in [1.29, 1.82) is 0 Å². The molecule has 11 rings (SSSR count). The summed E-state index contributed by atoms with van der Waals surface area (Å²) in [5.74, 6) is 1.90. The van der Waals surface area contributed by atoms with Gasteiger partial charge in [0.1, 0.15) is 11.2 Å². The number of fused-ring (bicyclic) bond motifs is 6. The zero-order chi connectivity index (χ0) is 37.0. The highest BCUT2D eigenvalue weighted by atomic mass is 16.3. The highest BCUT2D eigenvalue weighted by Gasteiger charge is 2.19. The summed E-state index contributed by atoms with van der Waals surface area (Å²) in [5, 5.41) is 4.64. The van der Waals surface area contributed by atoms with Crippen LogP contribution in [-0.2, 0) is 0 Å². The van der Waals surface area contributed by atoms with E-state index in [-0.39, 0.29) is 0 Å². The zero-order valence-corrected chi connectivity index (χ0v) is 30.2. The smallest absolute Gasteiger partial charge is 0.164 e. The lowest BCUT2D eigenvalue weighted by Crippen LogP contribution is -2.02. The summed E-state index contributed by atoms with van der Waals surface area (Å²) in [6.45, 7) is 0. The first-order chi connectivity index (χ1) is 27.7. The van der Waals surface area contributed by atoms with Gasteiger partial charge in [0, 0.05) is 43.8 Å². The summed E-state index contributed by atoms with van der Waals surface area (Å²) < 4.78 is 8.54. The molecule has 0 atom stereocenters. The minimum Gasteiger partial charge on any atom is -0.456 e. The molecule has 0 spiro atoms. The second kappa shape index (κ2) is 13.0. The molecule has 0 saturated carbocycles. The van der Waals surface area contributed by atoms with Gasteiger partial charge in [-0.1, -0.05) is 140 Å². The third kappa shape index (κ3) is 5.37. The van der Waals surface area contributed by atoms with Gasteiger partial charge in [-0.25, -0.2) is 15.0 Å². The molecule has 0 amide bonds. The molecule has 5 heteroatoms.